The molecule has 3 heterocycles. The predicted octanol–water partition coefficient (Wildman–Crippen LogP) is 0.497. The van der Waals surface area contributed by atoms with Crippen LogP contribution in [0.1, 0.15) is 32.6 Å². The molecule has 2 aliphatic heterocycles. The van der Waals surface area contributed by atoms with E-state index in [0.29, 0.717) is 31.9 Å². The monoisotopic (exact) mass is 356 g/mol. The van der Waals surface area contributed by atoms with E-state index < -0.39 is 16.1 Å². The van der Waals surface area contributed by atoms with E-state index in [2.05, 4.69) is 9.82 Å². The molecule has 2 aliphatic rings. The number of piperidine rings is 1. The number of nitrogens with zero attached hydrogens (tertiary/aromatic N) is 3. The van der Waals surface area contributed by atoms with Gasteiger partial charge in [0.05, 0.1) is 18.1 Å². The number of ether oxygens (including phenoxy) is 1. The SMILES string of the molecule is CCn1nccc1N1CCC[C@@H](NS(=O)(=O)C[C@H]2CCCO2)C1=O. The average Bonchev–Trinajstić information content (AvgIpc) is 3.19. The van der Waals surface area contributed by atoms with Crippen LogP contribution in [0.3, 0.4) is 0 Å². The van der Waals surface area contributed by atoms with Gasteiger partial charge in [-0.15, -0.1) is 0 Å². The lowest BCUT2D eigenvalue weighted by Gasteiger charge is -2.32. The van der Waals surface area contributed by atoms with Crippen LogP contribution in [0.2, 0.25) is 0 Å². The van der Waals surface area contributed by atoms with Crippen LogP contribution in [-0.4, -0.2) is 55.2 Å². The van der Waals surface area contributed by atoms with Crippen LogP contribution in [0.25, 0.3) is 0 Å². The standard InChI is InChI=1S/C15H24N4O4S/c1-2-19-14(7-8-16-19)18-9-3-6-13(15(18)20)17-24(21,22)11-12-5-4-10-23-12/h7-8,12-13,17H,2-6,9-11H2,1H3/t12-,13-/m1/s1. The van der Waals surface area contributed by atoms with Gasteiger partial charge in [0, 0.05) is 25.8 Å². The quantitative estimate of drug-likeness (QED) is 0.801. The van der Waals surface area contributed by atoms with Crippen molar-refractivity contribution in [2.24, 2.45) is 0 Å². The smallest absolute Gasteiger partial charge is 0.246 e. The molecule has 134 valence electrons. The lowest BCUT2D eigenvalue weighted by atomic mass is 10.1. The predicted molar refractivity (Wildman–Crippen MR) is 89.2 cm³/mol. The van der Waals surface area contributed by atoms with E-state index in [1.807, 2.05) is 6.92 Å². The van der Waals surface area contributed by atoms with E-state index in [1.54, 1.807) is 21.8 Å². The molecule has 0 saturated carbocycles. The Morgan fingerprint density at radius 3 is 2.92 bits per heavy atom. The van der Waals surface area contributed by atoms with E-state index in [-0.39, 0.29) is 17.8 Å². The molecular formula is C15H24N4O4S. The normalized spacial score (nSPS) is 25.4. The molecule has 0 bridgehead atoms. The molecule has 0 aromatic carbocycles. The van der Waals surface area contributed by atoms with Gasteiger partial charge in [-0.25, -0.2) is 17.8 Å². The fraction of sp³-hybridized carbons (Fsp3) is 0.733. The van der Waals surface area contributed by atoms with Gasteiger partial charge >= 0.3 is 0 Å². The van der Waals surface area contributed by atoms with E-state index in [1.165, 1.54) is 0 Å². The van der Waals surface area contributed by atoms with Crippen LogP contribution in [0.4, 0.5) is 5.82 Å². The van der Waals surface area contributed by atoms with Gasteiger partial charge in [0.25, 0.3) is 0 Å². The van der Waals surface area contributed by atoms with Crippen LogP contribution in [0.5, 0.6) is 0 Å². The highest BCUT2D eigenvalue weighted by atomic mass is 32.2. The molecule has 2 fully saturated rings. The first-order valence-corrected chi connectivity index (χ1v) is 10.1. The number of aryl methyl sites for hydroxylation is 1. The number of aromatic nitrogens is 2. The van der Waals surface area contributed by atoms with Crippen molar-refractivity contribution in [1.82, 2.24) is 14.5 Å². The Balaban J connectivity index is 1.68. The maximum atomic E-state index is 12.7. The number of anilines is 1. The molecule has 0 spiro atoms. The molecule has 0 radical (unpaired) electrons. The number of carbonyl (C=O) groups is 1. The highest BCUT2D eigenvalue weighted by Gasteiger charge is 2.35. The van der Waals surface area contributed by atoms with Crippen LogP contribution in [-0.2, 0) is 26.1 Å². The lowest BCUT2D eigenvalue weighted by Crippen LogP contribution is -2.53. The lowest BCUT2D eigenvalue weighted by molar-refractivity contribution is -0.121. The zero-order chi connectivity index (χ0) is 17.2. The fourth-order valence-corrected chi connectivity index (χ4v) is 4.80. The summed E-state index contributed by atoms with van der Waals surface area (Å²) in [6, 6.07) is 1.07. The number of amides is 1. The second-order valence-electron chi connectivity index (χ2n) is 6.22. The minimum absolute atomic E-state index is 0.0797. The molecule has 1 aromatic rings. The van der Waals surface area contributed by atoms with E-state index in [9.17, 15) is 13.2 Å². The summed E-state index contributed by atoms with van der Waals surface area (Å²) >= 11 is 0. The molecular weight excluding hydrogens is 332 g/mol. The van der Waals surface area contributed by atoms with Crippen LogP contribution >= 0.6 is 0 Å². The molecule has 8 nitrogen and oxygen atoms in total. The Morgan fingerprint density at radius 1 is 1.38 bits per heavy atom. The van der Waals surface area contributed by atoms with Gasteiger partial charge in [-0.05, 0) is 32.6 Å². The molecule has 9 heteroatoms. The van der Waals surface area contributed by atoms with E-state index >= 15 is 0 Å². The number of rotatable bonds is 6. The van der Waals surface area contributed by atoms with Crippen molar-refractivity contribution in [2.75, 3.05) is 23.8 Å². The molecule has 24 heavy (non-hydrogen) atoms. The van der Waals surface area contributed by atoms with Gasteiger partial charge in [-0.1, -0.05) is 0 Å². The first-order chi connectivity index (χ1) is 11.5. The van der Waals surface area contributed by atoms with Gasteiger partial charge < -0.3 is 4.74 Å². The Morgan fingerprint density at radius 2 is 2.21 bits per heavy atom. The van der Waals surface area contributed by atoms with Crippen molar-refractivity contribution >= 4 is 21.7 Å². The first kappa shape index (κ1) is 17.4. The fourth-order valence-electron chi connectivity index (χ4n) is 3.30. The van der Waals surface area contributed by atoms with Crippen molar-refractivity contribution < 1.29 is 17.9 Å². The summed E-state index contributed by atoms with van der Waals surface area (Å²) < 4.78 is 34.4. The highest BCUT2D eigenvalue weighted by Crippen LogP contribution is 2.22. The van der Waals surface area contributed by atoms with Gasteiger partial charge in [0.1, 0.15) is 11.9 Å². The Hall–Kier alpha value is -1.45. The van der Waals surface area contributed by atoms with Crippen molar-refractivity contribution in [3.63, 3.8) is 0 Å². The van der Waals surface area contributed by atoms with Gasteiger partial charge in [0.2, 0.25) is 15.9 Å². The molecule has 1 amide bonds. The molecule has 2 atom stereocenters. The molecule has 1 aromatic heterocycles. The molecule has 2 saturated heterocycles. The molecule has 3 rings (SSSR count). The number of carbonyl (C=O) groups excluding carboxylic acids is 1. The summed E-state index contributed by atoms with van der Waals surface area (Å²) in [6.45, 7) is 3.79. The van der Waals surface area contributed by atoms with Gasteiger partial charge in [-0.3, -0.25) is 9.69 Å². The molecule has 1 N–H and O–H groups in total. The maximum absolute atomic E-state index is 12.7. The number of hydrogen-bond acceptors (Lipinski definition) is 5. The topological polar surface area (TPSA) is 93.5 Å². The number of sulfonamides is 1. The van der Waals surface area contributed by atoms with Crippen LogP contribution < -0.4 is 9.62 Å². The average molecular weight is 356 g/mol. The van der Waals surface area contributed by atoms with Crippen molar-refractivity contribution in [3.05, 3.63) is 12.3 Å². The van der Waals surface area contributed by atoms with Crippen LogP contribution in [0.15, 0.2) is 12.3 Å². The minimum atomic E-state index is -3.55. The zero-order valence-electron chi connectivity index (χ0n) is 13.8. The second kappa shape index (κ2) is 7.20. The number of hydrogen-bond donors (Lipinski definition) is 1. The summed E-state index contributed by atoms with van der Waals surface area (Å²) in [5.74, 6) is 0.418. The zero-order valence-corrected chi connectivity index (χ0v) is 14.7. The first-order valence-electron chi connectivity index (χ1n) is 8.45. The molecule has 0 aliphatic carbocycles. The third-order valence-corrected chi connectivity index (χ3v) is 5.91. The third-order valence-electron chi connectivity index (χ3n) is 4.46. The summed E-state index contributed by atoms with van der Waals surface area (Å²) in [5, 5.41) is 4.18. The van der Waals surface area contributed by atoms with Crippen molar-refractivity contribution in [1.29, 1.82) is 0 Å². The summed E-state index contributed by atoms with van der Waals surface area (Å²) in [7, 11) is -3.55. The van der Waals surface area contributed by atoms with Crippen molar-refractivity contribution in [2.45, 2.75) is 51.3 Å². The van der Waals surface area contributed by atoms with Crippen molar-refractivity contribution in [3.8, 4) is 0 Å². The Labute approximate surface area is 142 Å². The summed E-state index contributed by atoms with van der Waals surface area (Å²) in [6.07, 6.45) is 4.28. The third kappa shape index (κ3) is 3.79. The number of nitrogens with one attached hydrogen (secondary N) is 1. The molecule has 0 unspecified atom stereocenters. The Bertz CT molecular complexity index is 681. The summed E-state index contributed by atoms with van der Waals surface area (Å²) in [5.41, 5.74) is 0. The van der Waals surface area contributed by atoms with E-state index in [0.717, 1.165) is 19.3 Å². The Kier molecular flexibility index (Phi) is 5.21. The maximum Gasteiger partial charge on any atom is 0.246 e. The van der Waals surface area contributed by atoms with Gasteiger partial charge in [0.15, 0.2) is 0 Å². The second-order valence-corrected chi connectivity index (χ2v) is 8.02. The van der Waals surface area contributed by atoms with Crippen LogP contribution in [0, 0.1) is 0 Å². The minimum Gasteiger partial charge on any atom is -0.377 e. The largest absolute Gasteiger partial charge is 0.377 e. The summed E-state index contributed by atoms with van der Waals surface area (Å²) in [4.78, 5) is 14.4. The van der Waals surface area contributed by atoms with Gasteiger partial charge in [-0.2, -0.15) is 5.10 Å². The van der Waals surface area contributed by atoms with E-state index in [4.69, 9.17) is 4.74 Å². The highest BCUT2D eigenvalue weighted by molar-refractivity contribution is 7.89.